The fourth-order valence-electron chi connectivity index (χ4n) is 1.77. The van der Waals surface area contributed by atoms with Gasteiger partial charge in [-0.25, -0.2) is 4.68 Å². The van der Waals surface area contributed by atoms with Gasteiger partial charge in [0.1, 0.15) is 6.33 Å². The summed E-state index contributed by atoms with van der Waals surface area (Å²) in [7, 11) is 0. The van der Waals surface area contributed by atoms with Crippen LogP contribution in [0.4, 0.5) is 5.69 Å². The summed E-state index contributed by atoms with van der Waals surface area (Å²) in [6.07, 6.45) is 1.87. The van der Waals surface area contributed by atoms with E-state index in [4.69, 9.17) is 0 Å². The summed E-state index contributed by atoms with van der Waals surface area (Å²) in [4.78, 5) is 11.8. The van der Waals surface area contributed by atoms with E-state index in [9.17, 15) is 4.79 Å². The number of hydrogen-bond acceptors (Lipinski definition) is 5. The second-order valence-corrected chi connectivity index (χ2v) is 4.94. The van der Waals surface area contributed by atoms with Gasteiger partial charge >= 0.3 is 0 Å². The van der Waals surface area contributed by atoms with Crippen LogP contribution in [-0.2, 0) is 11.2 Å². The van der Waals surface area contributed by atoms with Crippen LogP contribution in [0.2, 0.25) is 0 Å². The van der Waals surface area contributed by atoms with E-state index in [0.717, 1.165) is 16.9 Å². The second-order valence-electron chi connectivity index (χ2n) is 4.16. The molecule has 0 aliphatic rings. The third-order valence-corrected chi connectivity index (χ3v) is 3.40. The molecule has 3 rings (SSSR count). The fourth-order valence-corrected chi connectivity index (χ4v) is 2.36. The van der Waals surface area contributed by atoms with Gasteiger partial charge in [0.15, 0.2) is 0 Å². The molecule has 0 bridgehead atoms. The quantitative estimate of drug-likeness (QED) is 0.794. The van der Waals surface area contributed by atoms with Gasteiger partial charge in [-0.1, -0.05) is 12.1 Å². The lowest BCUT2D eigenvalue weighted by Crippen LogP contribution is -2.13. The number of nitrogens with zero attached hydrogens (tertiary/aromatic N) is 4. The topological polar surface area (TPSA) is 72.7 Å². The van der Waals surface area contributed by atoms with Crippen LogP contribution in [0.1, 0.15) is 5.56 Å². The molecule has 0 saturated carbocycles. The van der Waals surface area contributed by atoms with Crippen molar-refractivity contribution in [2.45, 2.75) is 6.42 Å². The zero-order valence-electron chi connectivity index (χ0n) is 10.4. The number of thiophene rings is 1. The Morgan fingerprint density at radius 3 is 2.75 bits per heavy atom. The van der Waals surface area contributed by atoms with E-state index in [2.05, 4.69) is 20.8 Å². The first kappa shape index (κ1) is 12.5. The largest absolute Gasteiger partial charge is 0.325 e. The van der Waals surface area contributed by atoms with Crippen LogP contribution in [0.15, 0.2) is 47.4 Å². The summed E-state index contributed by atoms with van der Waals surface area (Å²) in [6.45, 7) is 0. The number of anilines is 1. The highest BCUT2D eigenvalue weighted by Crippen LogP contribution is 2.13. The van der Waals surface area contributed by atoms with Crippen molar-refractivity contribution in [2.24, 2.45) is 0 Å². The molecule has 0 radical (unpaired) electrons. The van der Waals surface area contributed by atoms with Crippen LogP contribution in [0.3, 0.4) is 0 Å². The summed E-state index contributed by atoms with van der Waals surface area (Å²) in [5.41, 5.74) is 2.64. The Labute approximate surface area is 119 Å². The molecule has 0 atom stereocenters. The summed E-state index contributed by atoms with van der Waals surface area (Å²) in [5, 5.41) is 17.6. The first-order valence-corrected chi connectivity index (χ1v) is 6.90. The third-order valence-electron chi connectivity index (χ3n) is 2.72. The number of carbonyl (C=O) groups excluding carboxylic acids is 1. The lowest BCUT2D eigenvalue weighted by Gasteiger charge is -2.04. The van der Waals surface area contributed by atoms with Gasteiger partial charge in [0.2, 0.25) is 5.91 Å². The van der Waals surface area contributed by atoms with Crippen LogP contribution in [0.5, 0.6) is 0 Å². The van der Waals surface area contributed by atoms with Crippen LogP contribution in [-0.4, -0.2) is 26.1 Å². The number of hydrogen-bond donors (Lipinski definition) is 1. The van der Waals surface area contributed by atoms with E-state index in [1.54, 1.807) is 16.0 Å². The average Bonchev–Trinajstić information content (AvgIpc) is 3.12. The molecule has 0 fully saturated rings. The minimum atomic E-state index is -0.0291. The van der Waals surface area contributed by atoms with E-state index in [1.807, 2.05) is 41.1 Å². The summed E-state index contributed by atoms with van der Waals surface area (Å²) in [5.74, 6) is -0.0291. The molecular formula is C13H11N5OS. The molecule has 6 nitrogen and oxygen atoms in total. The van der Waals surface area contributed by atoms with Gasteiger partial charge in [-0.2, -0.15) is 11.3 Å². The number of carbonyl (C=O) groups is 1. The second kappa shape index (κ2) is 5.62. The molecule has 1 N–H and O–H groups in total. The molecule has 3 aromatic rings. The highest BCUT2D eigenvalue weighted by atomic mass is 32.1. The van der Waals surface area contributed by atoms with Gasteiger partial charge in [0, 0.05) is 5.38 Å². The van der Waals surface area contributed by atoms with Crippen molar-refractivity contribution >= 4 is 22.9 Å². The monoisotopic (exact) mass is 285 g/mol. The van der Waals surface area contributed by atoms with Gasteiger partial charge in [-0.15, -0.1) is 5.10 Å². The van der Waals surface area contributed by atoms with E-state index < -0.39 is 0 Å². The van der Waals surface area contributed by atoms with Crippen molar-refractivity contribution in [2.75, 3.05) is 5.32 Å². The number of benzene rings is 1. The Balaban J connectivity index is 1.65. The number of tetrazole rings is 1. The molecule has 100 valence electrons. The highest BCUT2D eigenvalue weighted by molar-refractivity contribution is 7.08. The lowest BCUT2D eigenvalue weighted by molar-refractivity contribution is -0.115. The van der Waals surface area contributed by atoms with E-state index in [1.165, 1.54) is 6.33 Å². The maximum atomic E-state index is 11.8. The number of amides is 1. The SMILES string of the molecule is O=C(Cc1ccc(-n2cnnn2)cc1)Nc1ccsc1. The van der Waals surface area contributed by atoms with Crippen molar-refractivity contribution in [1.29, 1.82) is 0 Å². The zero-order chi connectivity index (χ0) is 13.8. The maximum Gasteiger partial charge on any atom is 0.228 e. The molecule has 2 aromatic heterocycles. The Morgan fingerprint density at radius 2 is 2.10 bits per heavy atom. The number of rotatable bonds is 4. The van der Waals surface area contributed by atoms with Crippen LogP contribution in [0.25, 0.3) is 5.69 Å². The van der Waals surface area contributed by atoms with E-state index >= 15 is 0 Å². The molecule has 2 heterocycles. The smallest absolute Gasteiger partial charge is 0.228 e. The van der Waals surface area contributed by atoms with Crippen molar-refractivity contribution in [1.82, 2.24) is 20.2 Å². The van der Waals surface area contributed by atoms with Crippen LogP contribution in [0, 0.1) is 0 Å². The van der Waals surface area contributed by atoms with Gasteiger partial charge in [0.25, 0.3) is 0 Å². The van der Waals surface area contributed by atoms with Gasteiger partial charge < -0.3 is 5.32 Å². The molecule has 0 saturated heterocycles. The first-order chi connectivity index (χ1) is 9.81. The van der Waals surface area contributed by atoms with Crippen molar-refractivity contribution in [3.63, 3.8) is 0 Å². The maximum absolute atomic E-state index is 11.8. The van der Waals surface area contributed by atoms with Crippen molar-refractivity contribution < 1.29 is 4.79 Å². The first-order valence-electron chi connectivity index (χ1n) is 5.95. The minimum Gasteiger partial charge on any atom is -0.325 e. The molecule has 0 aliphatic carbocycles. The molecule has 0 aliphatic heterocycles. The van der Waals surface area contributed by atoms with Gasteiger partial charge in [-0.05, 0) is 39.6 Å². The summed E-state index contributed by atoms with van der Waals surface area (Å²) in [6, 6.07) is 9.42. The summed E-state index contributed by atoms with van der Waals surface area (Å²) < 4.78 is 1.56. The highest BCUT2D eigenvalue weighted by Gasteiger charge is 2.05. The number of nitrogens with one attached hydrogen (secondary N) is 1. The average molecular weight is 285 g/mol. The van der Waals surface area contributed by atoms with E-state index in [0.29, 0.717) is 6.42 Å². The molecular weight excluding hydrogens is 274 g/mol. The Bertz CT molecular complexity index is 676. The molecule has 7 heteroatoms. The lowest BCUT2D eigenvalue weighted by atomic mass is 10.1. The van der Waals surface area contributed by atoms with Gasteiger partial charge in [0.05, 0.1) is 17.8 Å². The zero-order valence-corrected chi connectivity index (χ0v) is 11.2. The molecule has 0 spiro atoms. The Hall–Kier alpha value is -2.54. The summed E-state index contributed by atoms with van der Waals surface area (Å²) >= 11 is 1.55. The van der Waals surface area contributed by atoms with Crippen LogP contribution < -0.4 is 5.32 Å². The number of aromatic nitrogens is 4. The predicted octanol–water partition coefficient (Wildman–Crippen LogP) is 1.91. The van der Waals surface area contributed by atoms with Crippen molar-refractivity contribution in [3.8, 4) is 5.69 Å². The van der Waals surface area contributed by atoms with E-state index in [-0.39, 0.29) is 5.91 Å². The molecule has 0 unspecified atom stereocenters. The third kappa shape index (κ3) is 2.89. The normalized spacial score (nSPS) is 10.4. The molecule has 1 amide bonds. The van der Waals surface area contributed by atoms with Gasteiger partial charge in [-0.3, -0.25) is 4.79 Å². The minimum absolute atomic E-state index is 0.0291. The molecule has 1 aromatic carbocycles. The standard InChI is InChI=1S/C13H11N5OS/c19-13(15-11-5-6-20-8-11)7-10-1-3-12(4-2-10)18-9-14-16-17-18/h1-6,8-9H,7H2,(H,15,19). The fraction of sp³-hybridized carbons (Fsp3) is 0.0769. The van der Waals surface area contributed by atoms with Crippen molar-refractivity contribution in [3.05, 3.63) is 53.0 Å². The van der Waals surface area contributed by atoms with Crippen LogP contribution >= 0.6 is 11.3 Å². The Morgan fingerprint density at radius 1 is 1.25 bits per heavy atom. The molecule has 20 heavy (non-hydrogen) atoms. The Kier molecular flexibility index (Phi) is 3.51. The predicted molar refractivity (Wildman–Crippen MR) is 75.8 cm³/mol.